The van der Waals surface area contributed by atoms with Crippen LogP contribution in [0.3, 0.4) is 0 Å². The first kappa shape index (κ1) is 13.2. The molecule has 0 spiro atoms. The second kappa shape index (κ2) is 6.07. The molecule has 100 valence electrons. The van der Waals surface area contributed by atoms with Gasteiger partial charge in [-0.1, -0.05) is 60.1 Å². The summed E-state index contributed by atoms with van der Waals surface area (Å²) in [5.74, 6) is 0. The molecule has 0 saturated carbocycles. The van der Waals surface area contributed by atoms with Gasteiger partial charge in [0.2, 0.25) is 0 Å². The highest BCUT2D eigenvalue weighted by atomic mass is 35.5. The Kier molecular flexibility index (Phi) is 4.00. The van der Waals surface area contributed by atoms with Crippen molar-refractivity contribution in [1.82, 2.24) is 4.98 Å². The average molecular weight is 301 g/mol. The maximum Gasteiger partial charge on any atom is 0.183 e. The lowest BCUT2D eigenvalue weighted by atomic mass is 10.2. The first-order chi connectivity index (χ1) is 9.83. The standard InChI is InChI=1S/C16H13ClN2S/c17-14-9-5-4-8-13(14)15-11-20-16(19-15)18-10-12-6-2-1-3-7-12/h1-9,11H,10H2,(H,18,19). The van der Waals surface area contributed by atoms with Crippen molar-refractivity contribution < 1.29 is 0 Å². The van der Waals surface area contributed by atoms with E-state index in [4.69, 9.17) is 11.6 Å². The zero-order chi connectivity index (χ0) is 13.8. The molecule has 20 heavy (non-hydrogen) atoms. The van der Waals surface area contributed by atoms with E-state index in [1.165, 1.54) is 5.56 Å². The van der Waals surface area contributed by atoms with Crippen LogP contribution in [-0.2, 0) is 6.54 Å². The third-order valence-corrected chi connectivity index (χ3v) is 4.07. The zero-order valence-corrected chi connectivity index (χ0v) is 12.3. The lowest BCUT2D eigenvalue weighted by Crippen LogP contribution is -1.98. The maximum atomic E-state index is 6.19. The smallest absolute Gasteiger partial charge is 0.183 e. The molecular formula is C16H13ClN2S. The second-order valence-corrected chi connectivity index (χ2v) is 5.62. The highest BCUT2D eigenvalue weighted by Gasteiger charge is 2.07. The summed E-state index contributed by atoms with van der Waals surface area (Å²) in [6.07, 6.45) is 0. The molecule has 0 radical (unpaired) electrons. The zero-order valence-electron chi connectivity index (χ0n) is 10.7. The predicted octanol–water partition coefficient (Wildman–Crippen LogP) is 5.08. The Morgan fingerprint density at radius 3 is 2.55 bits per heavy atom. The van der Waals surface area contributed by atoms with Crippen LogP contribution in [0.4, 0.5) is 5.13 Å². The fourth-order valence-electron chi connectivity index (χ4n) is 1.92. The lowest BCUT2D eigenvalue weighted by molar-refractivity contribution is 1.14. The minimum atomic E-state index is 0.729. The summed E-state index contributed by atoms with van der Waals surface area (Å²) in [5.41, 5.74) is 3.12. The minimum Gasteiger partial charge on any atom is -0.357 e. The van der Waals surface area contributed by atoms with E-state index >= 15 is 0 Å². The van der Waals surface area contributed by atoms with Crippen LogP contribution >= 0.6 is 22.9 Å². The number of hydrogen-bond acceptors (Lipinski definition) is 3. The van der Waals surface area contributed by atoms with Crippen molar-refractivity contribution in [3.05, 3.63) is 70.6 Å². The van der Waals surface area contributed by atoms with E-state index in [0.717, 1.165) is 28.0 Å². The van der Waals surface area contributed by atoms with Gasteiger partial charge < -0.3 is 5.32 Å². The molecular weight excluding hydrogens is 288 g/mol. The summed E-state index contributed by atoms with van der Waals surface area (Å²) in [6, 6.07) is 18.0. The SMILES string of the molecule is Clc1ccccc1-c1csc(NCc2ccccc2)n1. The van der Waals surface area contributed by atoms with Gasteiger partial charge in [-0.15, -0.1) is 11.3 Å². The predicted molar refractivity (Wildman–Crippen MR) is 86.3 cm³/mol. The fraction of sp³-hybridized carbons (Fsp3) is 0.0625. The monoisotopic (exact) mass is 300 g/mol. The van der Waals surface area contributed by atoms with Crippen LogP contribution in [0.25, 0.3) is 11.3 Å². The van der Waals surface area contributed by atoms with E-state index < -0.39 is 0 Å². The summed E-state index contributed by atoms with van der Waals surface area (Å²) in [7, 11) is 0. The Morgan fingerprint density at radius 2 is 1.75 bits per heavy atom. The normalized spacial score (nSPS) is 10.4. The van der Waals surface area contributed by atoms with E-state index in [-0.39, 0.29) is 0 Å². The van der Waals surface area contributed by atoms with Crippen LogP contribution < -0.4 is 5.32 Å². The molecule has 2 aromatic carbocycles. The average Bonchev–Trinajstić information content (AvgIpc) is 2.95. The molecule has 2 nitrogen and oxygen atoms in total. The van der Waals surface area contributed by atoms with Gasteiger partial charge in [-0.2, -0.15) is 0 Å². The molecule has 0 aliphatic carbocycles. The molecule has 0 fully saturated rings. The van der Waals surface area contributed by atoms with Gasteiger partial charge >= 0.3 is 0 Å². The molecule has 1 N–H and O–H groups in total. The summed E-state index contributed by atoms with van der Waals surface area (Å²) in [4.78, 5) is 4.58. The van der Waals surface area contributed by atoms with Gasteiger partial charge in [0.25, 0.3) is 0 Å². The Hall–Kier alpha value is -1.84. The van der Waals surface area contributed by atoms with Crippen molar-refractivity contribution in [2.75, 3.05) is 5.32 Å². The Morgan fingerprint density at radius 1 is 1.00 bits per heavy atom. The molecule has 0 saturated heterocycles. The topological polar surface area (TPSA) is 24.9 Å². The molecule has 0 unspecified atom stereocenters. The maximum absolute atomic E-state index is 6.19. The quantitative estimate of drug-likeness (QED) is 0.727. The highest BCUT2D eigenvalue weighted by molar-refractivity contribution is 7.14. The van der Waals surface area contributed by atoms with Crippen LogP contribution in [0, 0.1) is 0 Å². The number of benzene rings is 2. The van der Waals surface area contributed by atoms with Gasteiger partial charge in [-0.25, -0.2) is 4.98 Å². The first-order valence-corrected chi connectivity index (χ1v) is 7.57. The molecule has 0 aliphatic heterocycles. The first-order valence-electron chi connectivity index (χ1n) is 6.31. The van der Waals surface area contributed by atoms with E-state index in [1.54, 1.807) is 11.3 Å². The van der Waals surface area contributed by atoms with Crippen LogP contribution in [0.1, 0.15) is 5.56 Å². The van der Waals surface area contributed by atoms with Crippen LogP contribution in [0.5, 0.6) is 0 Å². The van der Waals surface area contributed by atoms with Gasteiger partial charge in [0.1, 0.15) is 0 Å². The molecule has 1 aromatic heterocycles. The molecule has 1 heterocycles. The van der Waals surface area contributed by atoms with E-state index in [0.29, 0.717) is 0 Å². The Balaban J connectivity index is 1.73. The third-order valence-electron chi connectivity index (χ3n) is 2.94. The number of nitrogens with zero attached hydrogens (tertiary/aromatic N) is 1. The lowest BCUT2D eigenvalue weighted by Gasteiger charge is -2.02. The Bertz CT molecular complexity index is 694. The second-order valence-electron chi connectivity index (χ2n) is 4.36. The molecule has 3 rings (SSSR count). The van der Waals surface area contributed by atoms with Gasteiger partial charge in [-0.05, 0) is 11.6 Å². The van der Waals surface area contributed by atoms with E-state index in [9.17, 15) is 0 Å². The third kappa shape index (κ3) is 3.00. The molecule has 0 aliphatic rings. The number of nitrogens with one attached hydrogen (secondary N) is 1. The number of rotatable bonds is 4. The number of hydrogen-bond donors (Lipinski definition) is 1. The van der Waals surface area contributed by atoms with E-state index in [2.05, 4.69) is 22.4 Å². The van der Waals surface area contributed by atoms with Gasteiger partial charge in [-0.3, -0.25) is 0 Å². The number of aromatic nitrogens is 1. The fourth-order valence-corrected chi connectivity index (χ4v) is 2.86. The number of anilines is 1. The van der Waals surface area contributed by atoms with Crippen molar-refractivity contribution in [1.29, 1.82) is 0 Å². The van der Waals surface area contributed by atoms with Gasteiger partial charge in [0.15, 0.2) is 5.13 Å². The van der Waals surface area contributed by atoms with E-state index in [1.807, 2.05) is 47.8 Å². The van der Waals surface area contributed by atoms with Crippen molar-refractivity contribution >= 4 is 28.1 Å². The van der Waals surface area contributed by atoms with Crippen LogP contribution in [-0.4, -0.2) is 4.98 Å². The Labute approximate surface area is 127 Å². The molecule has 3 aromatic rings. The van der Waals surface area contributed by atoms with Crippen molar-refractivity contribution in [2.45, 2.75) is 6.54 Å². The molecule has 0 bridgehead atoms. The minimum absolute atomic E-state index is 0.729. The number of thiazole rings is 1. The van der Waals surface area contributed by atoms with Crippen molar-refractivity contribution in [3.63, 3.8) is 0 Å². The summed E-state index contributed by atoms with van der Waals surface area (Å²) in [5, 5.41) is 6.99. The van der Waals surface area contributed by atoms with Gasteiger partial charge in [0.05, 0.1) is 5.69 Å². The number of halogens is 1. The highest BCUT2D eigenvalue weighted by Crippen LogP contribution is 2.30. The molecule has 0 atom stereocenters. The van der Waals surface area contributed by atoms with Crippen LogP contribution in [0.15, 0.2) is 60.0 Å². The van der Waals surface area contributed by atoms with Gasteiger partial charge in [0, 0.05) is 22.5 Å². The molecule has 0 amide bonds. The van der Waals surface area contributed by atoms with Crippen molar-refractivity contribution in [2.24, 2.45) is 0 Å². The summed E-state index contributed by atoms with van der Waals surface area (Å²) < 4.78 is 0. The van der Waals surface area contributed by atoms with Crippen LogP contribution in [0.2, 0.25) is 5.02 Å². The van der Waals surface area contributed by atoms with Crippen molar-refractivity contribution in [3.8, 4) is 11.3 Å². The largest absolute Gasteiger partial charge is 0.357 e. The summed E-state index contributed by atoms with van der Waals surface area (Å²) in [6.45, 7) is 0.774. The summed E-state index contributed by atoms with van der Waals surface area (Å²) >= 11 is 7.78. The molecule has 4 heteroatoms.